The Morgan fingerprint density at radius 1 is 1.14 bits per heavy atom. The van der Waals surface area contributed by atoms with Gasteiger partial charge in [0.2, 0.25) is 0 Å². The van der Waals surface area contributed by atoms with E-state index in [1.54, 1.807) is 0 Å². The largest absolute Gasteiger partial charge is 0.494 e. The molecular weight excluding hydrogens is 258 g/mol. The molecule has 0 saturated heterocycles. The highest BCUT2D eigenvalue weighted by molar-refractivity contribution is 5.43. The Hall–Kier alpha value is -1.80. The van der Waals surface area contributed by atoms with Crippen LogP contribution >= 0.6 is 0 Å². The van der Waals surface area contributed by atoms with Gasteiger partial charge in [-0.2, -0.15) is 0 Å². The van der Waals surface area contributed by atoms with Crippen molar-refractivity contribution in [1.82, 2.24) is 5.32 Å². The number of rotatable bonds is 6. The summed E-state index contributed by atoms with van der Waals surface area (Å²) in [5.41, 5.74) is 4.31. The molecule has 0 spiro atoms. The number of nitrogens with one attached hydrogen (secondary N) is 1. The van der Waals surface area contributed by atoms with E-state index in [-0.39, 0.29) is 0 Å². The molecule has 21 heavy (non-hydrogen) atoms. The molecule has 0 saturated carbocycles. The van der Waals surface area contributed by atoms with Gasteiger partial charge >= 0.3 is 0 Å². The van der Waals surface area contributed by atoms with Crippen LogP contribution in [0.5, 0.6) is 5.75 Å². The molecule has 2 aromatic carbocycles. The summed E-state index contributed by atoms with van der Waals surface area (Å²) in [6.07, 6.45) is 2.20. The van der Waals surface area contributed by atoms with Crippen LogP contribution in [0.2, 0.25) is 0 Å². The van der Waals surface area contributed by atoms with Crippen LogP contribution in [0.15, 0.2) is 48.5 Å². The second-order valence-corrected chi connectivity index (χ2v) is 5.69. The topological polar surface area (TPSA) is 21.3 Å². The van der Waals surface area contributed by atoms with E-state index in [0.29, 0.717) is 12.0 Å². The van der Waals surface area contributed by atoms with Crippen LogP contribution in [0.1, 0.15) is 42.0 Å². The number of likely N-dealkylation sites (N-methyl/N-ethyl adjacent to an activating group) is 1. The molecule has 2 atom stereocenters. The quantitative estimate of drug-likeness (QED) is 0.861. The number of fused-ring (bicyclic) bond motifs is 1. The molecule has 0 aliphatic heterocycles. The van der Waals surface area contributed by atoms with E-state index in [2.05, 4.69) is 60.8 Å². The van der Waals surface area contributed by atoms with Gasteiger partial charge in [-0.25, -0.2) is 0 Å². The molecule has 1 N–H and O–H groups in total. The Balaban J connectivity index is 1.75. The highest BCUT2D eigenvalue weighted by Gasteiger charge is 2.32. The van der Waals surface area contributed by atoms with E-state index in [1.165, 1.54) is 16.7 Å². The van der Waals surface area contributed by atoms with Crippen LogP contribution < -0.4 is 10.1 Å². The first kappa shape index (κ1) is 14.2. The van der Waals surface area contributed by atoms with Crippen molar-refractivity contribution in [2.24, 2.45) is 0 Å². The number of hydrogen-bond donors (Lipinski definition) is 1. The summed E-state index contributed by atoms with van der Waals surface area (Å²) in [7, 11) is 2.05. The molecule has 2 heteroatoms. The van der Waals surface area contributed by atoms with Gasteiger partial charge in [-0.1, -0.05) is 43.3 Å². The highest BCUT2D eigenvalue weighted by Crippen LogP contribution is 2.43. The van der Waals surface area contributed by atoms with Crippen molar-refractivity contribution in [3.63, 3.8) is 0 Å². The molecule has 2 unspecified atom stereocenters. The second-order valence-electron chi connectivity index (χ2n) is 5.69. The molecular formula is C19H23NO. The van der Waals surface area contributed by atoms with Gasteiger partial charge < -0.3 is 10.1 Å². The monoisotopic (exact) mass is 281 g/mol. The fraction of sp³-hybridized carbons (Fsp3) is 0.368. The minimum Gasteiger partial charge on any atom is -0.494 e. The highest BCUT2D eigenvalue weighted by atomic mass is 16.5. The van der Waals surface area contributed by atoms with Crippen LogP contribution in [0, 0.1) is 0 Å². The molecule has 0 amide bonds. The predicted octanol–water partition coefficient (Wildman–Crippen LogP) is 4.08. The van der Waals surface area contributed by atoms with Crippen molar-refractivity contribution in [1.29, 1.82) is 0 Å². The standard InChI is InChI=1S/C19H23NO/c1-3-12-21-16-10-8-14(9-11-16)19(20-2)18-13-15-6-4-5-7-17(15)18/h4-11,18-20H,3,12-13H2,1-2H3. The lowest BCUT2D eigenvalue weighted by molar-refractivity contribution is 0.317. The summed E-state index contributed by atoms with van der Waals surface area (Å²) in [4.78, 5) is 0. The molecule has 1 aliphatic rings. The zero-order chi connectivity index (χ0) is 14.7. The molecule has 1 aliphatic carbocycles. The lowest BCUT2D eigenvalue weighted by Gasteiger charge is -2.36. The summed E-state index contributed by atoms with van der Waals surface area (Å²) in [5, 5.41) is 3.48. The summed E-state index contributed by atoms with van der Waals surface area (Å²) in [6, 6.07) is 17.7. The Morgan fingerprint density at radius 2 is 1.90 bits per heavy atom. The van der Waals surface area contributed by atoms with Crippen molar-refractivity contribution < 1.29 is 4.74 Å². The van der Waals surface area contributed by atoms with Crippen LogP contribution in [-0.2, 0) is 6.42 Å². The van der Waals surface area contributed by atoms with Gasteiger partial charge in [-0.05, 0) is 48.7 Å². The van der Waals surface area contributed by atoms with Gasteiger partial charge in [0.05, 0.1) is 6.61 Å². The average molecular weight is 281 g/mol. The van der Waals surface area contributed by atoms with Gasteiger partial charge in [0.1, 0.15) is 5.75 Å². The lowest BCUT2D eigenvalue weighted by atomic mass is 9.72. The average Bonchev–Trinajstić information content (AvgIpc) is 2.51. The third-order valence-electron chi connectivity index (χ3n) is 4.32. The van der Waals surface area contributed by atoms with Gasteiger partial charge in [-0.3, -0.25) is 0 Å². The van der Waals surface area contributed by atoms with Crippen molar-refractivity contribution in [3.05, 3.63) is 65.2 Å². The van der Waals surface area contributed by atoms with Crippen molar-refractivity contribution in [2.75, 3.05) is 13.7 Å². The molecule has 0 fully saturated rings. The van der Waals surface area contributed by atoms with E-state index in [0.717, 1.165) is 25.2 Å². The zero-order valence-electron chi connectivity index (χ0n) is 12.8. The molecule has 0 heterocycles. The normalized spacial score (nSPS) is 17.7. The van der Waals surface area contributed by atoms with Crippen molar-refractivity contribution >= 4 is 0 Å². The fourth-order valence-electron chi connectivity index (χ4n) is 3.19. The smallest absolute Gasteiger partial charge is 0.119 e. The maximum atomic E-state index is 5.66. The third-order valence-corrected chi connectivity index (χ3v) is 4.32. The van der Waals surface area contributed by atoms with Crippen LogP contribution in [0.3, 0.4) is 0 Å². The Labute approximate surface area is 127 Å². The molecule has 2 aromatic rings. The number of ether oxygens (including phenoxy) is 1. The summed E-state index contributed by atoms with van der Waals surface area (Å²) in [6.45, 7) is 2.91. The first-order chi connectivity index (χ1) is 10.3. The van der Waals surface area contributed by atoms with E-state index in [4.69, 9.17) is 4.74 Å². The Kier molecular flexibility index (Phi) is 4.26. The van der Waals surface area contributed by atoms with Gasteiger partial charge in [-0.15, -0.1) is 0 Å². The fourth-order valence-corrected chi connectivity index (χ4v) is 3.19. The minimum atomic E-state index is 0.375. The van der Waals surface area contributed by atoms with Gasteiger partial charge in [0, 0.05) is 12.0 Å². The van der Waals surface area contributed by atoms with Gasteiger partial charge in [0.15, 0.2) is 0 Å². The Bertz CT molecular complexity index is 591. The molecule has 3 rings (SSSR count). The molecule has 0 aromatic heterocycles. The molecule has 0 radical (unpaired) electrons. The summed E-state index contributed by atoms with van der Waals surface area (Å²) < 4.78 is 5.66. The molecule has 2 nitrogen and oxygen atoms in total. The molecule has 0 bridgehead atoms. The van der Waals surface area contributed by atoms with E-state index in [1.807, 2.05) is 7.05 Å². The predicted molar refractivity (Wildman–Crippen MR) is 86.9 cm³/mol. The maximum Gasteiger partial charge on any atom is 0.119 e. The Morgan fingerprint density at radius 3 is 2.57 bits per heavy atom. The first-order valence-electron chi connectivity index (χ1n) is 7.81. The van der Waals surface area contributed by atoms with Crippen molar-refractivity contribution in [2.45, 2.75) is 31.7 Å². The van der Waals surface area contributed by atoms with Crippen LogP contribution in [0.25, 0.3) is 0 Å². The van der Waals surface area contributed by atoms with E-state index >= 15 is 0 Å². The number of hydrogen-bond acceptors (Lipinski definition) is 2. The second kappa shape index (κ2) is 6.31. The molecule has 110 valence electrons. The van der Waals surface area contributed by atoms with Crippen LogP contribution in [-0.4, -0.2) is 13.7 Å². The van der Waals surface area contributed by atoms with E-state index in [9.17, 15) is 0 Å². The van der Waals surface area contributed by atoms with Crippen molar-refractivity contribution in [3.8, 4) is 5.75 Å². The van der Waals surface area contributed by atoms with E-state index < -0.39 is 0 Å². The summed E-state index contributed by atoms with van der Waals surface area (Å²) >= 11 is 0. The maximum absolute atomic E-state index is 5.66. The summed E-state index contributed by atoms with van der Waals surface area (Å²) in [5.74, 6) is 1.54. The zero-order valence-corrected chi connectivity index (χ0v) is 12.8. The third kappa shape index (κ3) is 2.81. The number of benzene rings is 2. The minimum absolute atomic E-state index is 0.375. The first-order valence-corrected chi connectivity index (χ1v) is 7.81. The SMILES string of the molecule is CCCOc1ccc(C(NC)C2Cc3ccccc32)cc1. The van der Waals surface area contributed by atoms with Gasteiger partial charge in [0.25, 0.3) is 0 Å². The van der Waals surface area contributed by atoms with Crippen LogP contribution in [0.4, 0.5) is 0 Å². The lowest BCUT2D eigenvalue weighted by Crippen LogP contribution is -2.31.